The number of carbonyl (C=O) groups excluding carboxylic acids is 1. The number of halogens is 1. The van der Waals surface area contributed by atoms with E-state index in [9.17, 15) is 9.18 Å². The number of anilines is 1. The number of amides is 1. The van der Waals surface area contributed by atoms with Crippen molar-refractivity contribution in [3.8, 4) is 5.75 Å². The number of carbonyl (C=O) groups is 1. The number of rotatable bonds is 7. The zero-order valence-electron chi connectivity index (χ0n) is 15.5. The van der Waals surface area contributed by atoms with Crippen LogP contribution in [-0.4, -0.2) is 54.3 Å². The van der Waals surface area contributed by atoms with Crippen molar-refractivity contribution in [1.82, 2.24) is 20.3 Å². The van der Waals surface area contributed by atoms with Crippen LogP contribution < -0.4 is 15.4 Å². The number of aromatic nitrogens is 3. The molecule has 2 N–H and O–H groups in total. The Morgan fingerprint density at radius 1 is 1.37 bits per heavy atom. The third-order valence-corrected chi connectivity index (χ3v) is 4.53. The van der Waals surface area contributed by atoms with Crippen molar-refractivity contribution >= 4 is 11.6 Å². The van der Waals surface area contributed by atoms with Crippen LogP contribution in [0.1, 0.15) is 35.1 Å². The van der Waals surface area contributed by atoms with E-state index in [0.717, 1.165) is 25.9 Å². The van der Waals surface area contributed by atoms with Gasteiger partial charge in [-0.2, -0.15) is 0 Å². The maximum atomic E-state index is 14.1. The number of nitrogens with one attached hydrogen (secondary N) is 2. The molecule has 1 amide bonds. The highest BCUT2D eigenvalue weighted by atomic mass is 19.1. The SMILES string of the molecule is COCCOc1ccc(NC(=O)c2nnn(C3CCNCC3)c2C)cc1F. The molecule has 0 radical (unpaired) electrons. The van der Waals surface area contributed by atoms with E-state index in [0.29, 0.717) is 18.0 Å². The summed E-state index contributed by atoms with van der Waals surface area (Å²) in [5.74, 6) is -0.864. The van der Waals surface area contributed by atoms with Crippen molar-refractivity contribution in [3.05, 3.63) is 35.4 Å². The largest absolute Gasteiger partial charge is 0.488 e. The molecule has 2 heterocycles. The first-order valence-corrected chi connectivity index (χ1v) is 8.95. The minimum absolute atomic E-state index is 0.109. The van der Waals surface area contributed by atoms with Gasteiger partial charge in [-0.25, -0.2) is 9.07 Å². The van der Waals surface area contributed by atoms with Crippen LogP contribution >= 0.6 is 0 Å². The minimum Gasteiger partial charge on any atom is -0.488 e. The van der Waals surface area contributed by atoms with E-state index in [1.807, 2.05) is 11.6 Å². The molecule has 27 heavy (non-hydrogen) atoms. The summed E-state index contributed by atoms with van der Waals surface area (Å²) in [4.78, 5) is 12.5. The number of methoxy groups -OCH3 is 1. The lowest BCUT2D eigenvalue weighted by molar-refractivity contribution is 0.102. The summed E-state index contributed by atoms with van der Waals surface area (Å²) in [5.41, 5.74) is 1.28. The van der Waals surface area contributed by atoms with Crippen LogP contribution in [0.4, 0.5) is 10.1 Å². The molecular formula is C18H24FN5O3. The first-order chi connectivity index (χ1) is 13.1. The average Bonchev–Trinajstić information content (AvgIpc) is 3.06. The van der Waals surface area contributed by atoms with Crippen molar-refractivity contribution in [3.63, 3.8) is 0 Å². The lowest BCUT2D eigenvalue weighted by atomic mass is 10.1. The molecule has 0 atom stereocenters. The molecule has 1 saturated heterocycles. The summed E-state index contributed by atoms with van der Waals surface area (Å²) in [6.07, 6.45) is 1.89. The number of nitrogens with zero attached hydrogens (tertiary/aromatic N) is 3. The van der Waals surface area contributed by atoms with Crippen LogP contribution in [0, 0.1) is 12.7 Å². The zero-order chi connectivity index (χ0) is 19.2. The van der Waals surface area contributed by atoms with Crippen LogP contribution in [0.15, 0.2) is 18.2 Å². The molecule has 3 rings (SSSR count). The number of benzene rings is 1. The van der Waals surface area contributed by atoms with Crippen molar-refractivity contribution in [1.29, 1.82) is 0 Å². The fraction of sp³-hybridized carbons (Fsp3) is 0.500. The third kappa shape index (κ3) is 4.61. The second-order valence-electron chi connectivity index (χ2n) is 6.39. The van der Waals surface area contributed by atoms with Crippen LogP contribution in [0.3, 0.4) is 0 Å². The molecule has 0 saturated carbocycles. The molecule has 0 spiro atoms. The molecule has 1 aromatic heterocycles. The maximum Gasteiger partial charge on any atom is 0.278 e. The molecular weight excluding hydrogens is 353 g/mol. The van der Waals surface area contributed by atoms with E-state index in [1.165, 1.54) is 12.1 Å². The minimum atomic E-state index is -0.556. The molecule has 1 aliphatic heterocycles. The van der Waals surface area contributed by atoms with Gasteiger partial charge in [0.2, 0.25) is 0 Å². The Morgan fingerprint density at radius 2 is 2.15 bits per heavy atom. The van der Waals surface area contributed by atoms with Crippen molar-refractivity contribution in [2.45, 2.75) is 25.8 Å². The van der Waals surface area contributed by atoms with E-state index < -0.39 is 11.7 Å². The van der Waals surface area contributed by atoms with Crippen molar-refractivity contribution in [2.75, 3.05) is 38.7 Å². The topological polar surface area (TPSA) is 90.3 Å². The molecule has 0 bridgehead atoms. The highest BCUT2D eigenvalue weighted by Gasteiger charge is 2.23. The van der Waals surface area contributed by atoms with Crippen LogP contribution in [0.2, 0.25) is 0 Å². The molecule has 0 aliphatic carbocycles. The van der Waals surface area contributed by atoms with Gasteiger partial charge < -0.3 is 20.1 Å². The highest BCUT2D eigenvalue weighted by molar-refractivity contribution is 6.03. The van der Waals surface area contributed by atoms with E-state index in [4.69, 9.17) is 9.47 Å². The molecule has 1 aromatic carbocycles. The third-order valence-electron chi connectivity index (χ3n) is 4.53. The van der Waals surface area contributed by atoms with Gasteiger partial charge in [-0.05, 0) is 45.0 Å². The van der Waals surface area contributed by atoms with Gasteiger partial charge in [0.1, 0.15) is 6.61 Å². The van der Waals surface area contributed by atoms with Gasteiger partial charge in [0.15, 0.2) is 17.3 Å². The lowest BCUT2D eigenvalue weighted by Gasteiger charge is -2.23. The molecule has 8 nitrogen and oxygen atoms in total. The Balaban J connectivity index is 1.66. The Bertz CT molecular complexity index is 789. The quantitative estimate of drug-likeness (QED) is 0.717. The van der Waals surface area contributed by atoms with E-state index in [-0.39, 0.29) is 24.1 Å². The van der Waals surface area contributed by atoms with Crippen molar-refractivity contribution < 1.29 is 18.7 Å². The van der Waals surface area contributed by atoms with E-state index >= 15 is 0 Å². The van der Waals surface area contributed by atoms with Gasteiger partial charge in [0.05, 0.1) is 18.3 Å². The van der Waals surface area contributed by atoms with Gasteiger partial charge in [0, 0.05) is 18.9 Å². The highest BCUT2D eigenvalue weighted by Crippen LogP contribution is 2.23. The number of hydrogen-bond donors (Lipinski definition) is 2. The number of hydrogen-bond acceptors (Lipinski definition) is 6. The lowest BCUT2D eigenvalue weighted by Crippen LogP contribution is -2.30. The molecule has 0 unspecified atom stereocenters. The van der Waals surface area contributed by atoms with Crippen LogP contribution in [0.25, 0.3) is 0 Å². The fourth-order valence-electron chi connectivity index (χ4n) is 3.07. The van der Waals surface area contributed by atoms with Crippen molar-refractivity contribution in [2.24, 2.45) is 0 Å². The smallest absolute Gasteiger partial charge is 0.278 e. The summed E-state index contributed by atoms with van der Waals surface area (Å²) < 4.78 is 26.0. The second-order valence-corrected chi connectivity index (χ2v) is 6.39. The van der Waals surface area contributed by atoms with Gasteiger partial charge in [0.25, 0.3) is 5.91 Å². The maximum absolute atomic E-state index is 14.1. The van der Waals surface area contributed by atoms with Gasteiger partial charge in [-0.15, -0.1) is 5.10 Å². The number of piperidine rings is 1. The van der Waals surface area contributed by atoms with Gasteiger partial charge in [-0.1, -0.05) is 5.21 Å². The zero-order valence-corrected chi connectivity index (χ0v) is 15.5. The predicted molar refractivity (Wildman–Crippen MR) is 97.6 cm³/mol. The van der Waals surface area contributed by atoms with Crippen LogP contribution in [-0.2, 0) is 4.74 Å². The second kappa shape index (κ2) is 8.92. The Labute approximate surface area is 157 Å². The first kappa shape index (κ1) is 19.2. The average molecular weight is 377 g/mol. The number of ether oxygens (including phenoxy) is 2. The van der Waals surface area contributed by atoms with E-state index in [2.05, 4.69) is 20.9 Å². The molecule has 9 heteroatoms. The monoisotopic (exact) mass is 377 g/mol. The summed E-state index contributed by atoms with van der Waals surface area (Å²) in [6, 6.07) is 4.50. The van der Waals surface area contributed by atoms with Crippen LogP contribution in [0.5, 0.6) is 5.75 Å². The standard InChI is InChI=1S/C18H24FN5O3/c1-12-17(22-23-24(12)14-5-7-20-8-6-14)18(25)21-13-3-4-16(15(19)11-13)27-10-9-26-2/h3-4,11,14,20H,5-10H2,1-2H3,(H,21,25). The van der Waals surface area contributed by atoms with E-state index in [1.54, 1.807) is 13.2 Å². The normalized spacial score (nSPS) is 14.9. The summed E-state index contributed by atoms with van der Waals surface area (Å²) >= 11 is 0. The molecule has 1 aliphatic rings. The molecule has 2 aromatic rings. The summed E-state index contributed by atoms with van der Waals surface area (Å²) in [6.45, 7) is 4.28. The molecule has 1 fully saturated rings. The Kier molecular flexibility index (Phi) is 6.36. The summed E-state index contributed by atoms with van der Waals surface area (Å²) in [7, 11) is 1.54. The Morgan fingerprint density at radius 3 is 2.85 bits per heavy atom. The summed E-state index contributed by atoms with van der Waals surface area (Å²) in [5, 5.41) is 14.1. The first-order valence-electron chi connectivity index (χ1n) is 8.95. The fourth-order valence-corrected chi connectivity index (χ4v) is 3.07. The molecule has 146 valence electrons. The Hall–Kier alpha value is -2.52. The predicted octanol–water partition coefficient (Wildman–Crippen LogP) is 1.93. The van der Waals surface area contributed by atoms with Gasteiger partial charge in [-0.3, -0.25) is 4.79 Å². The van der Waals surface area contributed by atoms with Gasteiger partial charge >= 0.3 is 0 Å².